The Morgan fingerprint density at radius 2 is 1.81 bits per heavy atom. The highest BCUT2D eigenvalue weighted by molar-refractivity contribution is 14.1. The molecule has 1 amide bonds. The number of rotatable bonds is 5. The molecule has 0 fully saturated rings. The number of halogens is 1. The number of amides is 1. The summed E-state index contributed by atoms with van der Waals surface area (Å²) >= 11 is 2.15. The van der Waals surface area contributed by atoms with Crippen molar-refractivity contribution in [2.24, 2.45) is 0 Å². The zero-order valence-corrected chi connectivity index (χ0v) is 13.4. The maximum atomic E-state index is 12.3. The molecule has 21 heavy (non-hydrogen) atoms. The first-order valence-corrected chi connectivity index (χ1v) is 7.40. The molecule has 0 atom stereocenters. The summed E-state index contributed by atoms with van der Waals surface area (Å²) in [6.45, 7) is -0.103. The van der Waals surface area contributed by atoms with Gasteiger partial charge in [-0.1, -0.05) is 30.3 Å². The number of anilines is 1. The molecule has 0 saturated heterocycles. The molecule has 0 aromatic heterocycles. The number of carbonyl (C=O) groups excluding carboxylic acids is 1. The maximum absolute atomic E-state index is 12.3. The first kappa shape index (κ1) is 15.3. The molecule has 0 aliphatic carbocycles. The number of hydrogen-bond donors (Lipinski definition) is 0. The summed E-state index contributed by atoms with van der Waals surface area (Å²) in [7, 11) is 0. The van der Waals surface area contributed by atoms with Crippen LogP contribution in [0.1, 0.15) is 0 Å². The highest BCUT2D eigenvalue weighted by Gasteiger charge is 2.16. The van der Waals surface area contributed by atoms with Crippen molar-refractivity contribution in [3.05, 3.63) is 58.2 Å². The number of hydrogen-bond acceptors (Lipinski definition) is 3. The van der Waals surface area contributed by atoms with Crippen molar-refractivity contribution in [3.63, 3.8) is 0 Å². The average Bonchev–Trinajstić information content (AvgIpc) is 2.52. The summed E-state index contributed by atoms with van der Waals surface area (Å²) in [6, 6.07) is 18.6. The average molecular weight is 392 g/mol. The van der Waals surface area contributed by atoms with Gasteiger partial charge in [0, 0.05) is 5.69 Å². The maximum Gasteiger partial charge on any atom is 0.265 e. The summed E-state index contributed by atoms with van der Waals surface area (Å²) in [5.41, 5.74) is 0.690. The Labute approximate surface area is 137 Å². The lowest BCUT2D eigenvalue weighted by Gasteiger charge is -2.20. The van der Waals surface area contributed by atoms with Crippen LogP contribution in [0.25, 0.3) is 0 Å². The SMILES string of the molecule is N#CCN(C(=O)COc1ccccc1I)c1ccccc1. The number of ether oxygens (including phenoxy) is 1. The van der Waals surface area contributed by atoms with E-state index in [-0.39, 0.29) is 19.1 Å². The van der Waals surface area contributed by atoms with Crippen LogP contribution in [0.5, 0.6) is 5.75 Å². The van der Waals surface area contributed by atoms with Crippen molar-refractivity contribution in [2.45, 2.75) is 0 Å². The molecule has 0 heterocycles. The number of carbonyl (C=O) groups is 1. The van der Waals surface area contributed by atoms with Gasteiger partial charge in [-0.05, 0) is 46.9 Å². The highest BCUT2D eigenvalue weighted by Crippen LogP contribution is 2.20. The van der Waals surface area contributed by atoms with Crippen molar-refractivity contribution < 1.29 is 9.53 Å². The van der Waals surface area contributed by atoms with Gasteiger partial charge in [0.2, 0.25) is 0 Å². The fourth-order valence-corrected chi connectivity index (χ4v) is 2.32. The molecule has 0 radical (unpaired) electrons. The summed E-state index contributed by atoms with van der Waals surface area (Å²) in [4.78, 5) is 13.7. The van der Waals surface area contributed by atoms with Crippen LogP contribution in [0, 0.1) is 14.9 Å². The Bertz CT molecular complexity index is 653. The molecule has 0 aliphatic rings. The monoisotopic (exact) mass is 392 g/mol. The minimum atomic E-state index is -0.248. The second kappa shape index (κ2) is 7.64. The van der Waals surface area contributed by atoms with E-state index in [9.17, 15) is 4.79 Å². The largest absolute Gasteiger partial charge is 0.483 e. The van der Waals surface area contributed by atoms with Crippen LogP contribution in [0.3, 0.4) is 0 Å². The zero-order valence-electron chi connectivity index (χ0n) is 11.2. The van der Waals surface area contributed by atoms with Crippen LogP contribution < -0.4 is 9.64 Å². The Kier molecular flexibility index (Phi) is 5.58. The molecule has 2 aromatic rings. The van der Waals surface area contributed by atoms with Gasteiger partial charge in [0.05, 0.1) is 9.64 Å². The standard InChI is InChI=1S/C16H13IN2O2/c17-14-8-4-5-9-15(14)21-12-16(20)19(11-10-18)13-6-2-1-3-7-13/h1-9H,11-12H2. The van der Waals surface area contributed by atoms with E-state index in [1.807, 2.05) is 48.5 Å². The number of benzene rings is 2. The van der Waals surface area contributed by atoms with Gasteiger partial charge in [0.15, 0.2) is 6.61 Å². The fraction of sp³-hybridized carbons (Fsp3) is 0.125. The molecule has 2 aromatic carbocycles. The summed E-state index contributed by atoms with van der Waals surface area (Å²) in [5.74, 6) is 0.416. The van der Waals surface area contributed by atoms with Gasteiger partial charge in [0.25, 0.3) is 5.91 Å². The minimum Gasteiger partial charge on any atom is -0.483 e. The Morgan fingerprint density at radius 3 is 2.48 bits per heavy atom. The van der Waals surface area contributed by atoms with E-state index in [2.05, 4.69) is 22.6 Å². The highest BCUT2D eigenvalue weighted by atomic mass is 127. The summed E-state index contributed by atoms with van der Waals surface area (Å²) in [5, 5.41) is 8.89. The third kappa shape index (κ3) is 4.20. The molecular weight excluding hydrogens is 379 g/mol. The Hall–Kier alpha value is -2.07. The van der Waals surface area contributed by atoms with Crippen molar-refractivity contribution in [2.75, 3.05) is 18.1 Å². The van der Waals surface area contributed by atoms with E-state index in [0.29, 0.717) is 11.4 Å². The molecule has 0 bridgehead atoms. The molecule has 4 nitrogen and oxygen atoms in total. The molecule has 0 aliphatic heterocycles. The number of para-hydroxylation sites is 2. The van der Waals surface area contributed by atoms with Crippen LogP contribution >= 0.6 is 22.6 Å². The molecule has 0 unspecified atom stereocenters. The quantitative estimate of drug-likeness (QED) is 0.580. The molecule has 2 rings (SSSR count). The van der Waals surface area contributed by atoms with E-state index in [1.165, 1.54) is 4.90 Å². The second-order valence-corrected chi connectivity index (χ2v) is 5.35. The van der Waals surface area contributed by atoms with Gasteiger partial charge >= 0.3 is 0 Å². The predicted molar refractivity (Wildman–Crippen MR) is 89.1 cm³/mol. The van der Waals surface area contributed by atoms with E-state index >= 15 is 0 Å². The number of nitriles is 1. The van der Waals surface area contributed by atoms with Crippen molar-refractivity contribution >= 4 is 34.2 Å². The molecule has 0 saturated carbocycles. The molecule has 0 N–H and O–H groups in total. The fourth-order valence-electron chi connectivity index (χ4n) is 1.78. The van der Waals surface area contributed by atoms with Gasteiger partial charge in [-0.3, -0.25) is 9.69 Å². The third-order valence-electron chi connectivity index (χ3n) is 2.79. The summed E-state index contributed by atoms with van der Waals surface area (Å²) in [6.07, 6.45) is 0. The van der Waals surface area contributed by atoms with E-state index in [4.69, 9.17) is 10.00 Å². The smallest absolute Gasteiger partial charge is 0.265 e. The van der Waals surface area contributed by atoms with Gasteiger partial charge < -0.3 is 4.74 Å². The van der Waals surface area contributed by atoms with Gasteiger partial charge in [0.1, 0.15) is 12.3 Å². The van der Waals surface area contributed by atoms with E-state index in [0.717, 1.165) is 3.57 Å². The van der Waals surface area contributed by atoms with Gasteiger partial charge in [-0.25, -0.2) is 0 Å². The van der Waals surface area contributed by atoms with E-state index < -0.39 is 0 Å². The topological polar surface area (TPSA) is 53.3 Å². The lowest BCUT2D eigenvalue weighted by atomic mass is 10.3. The minimum absolute atomic E-state index is 0.00190. The Balaban J connectivity index is 2.07. The molecule has 5 heteroatoms. The van der Waals surface area contributed by atoms with Crippen molar-refractivity contribution in [3.8, 4) is 11.8 Å². The first-order valence-electron chi connectivity index (χ1n) is 6.32. The van der Waals surface area contributed by atoms with Crippen LogP contribution in [-0.4, -0.2) is 19.1 Å². The van der Waals surface area contributed by atoms with E-state index in [1.54, 1.807) is 12.1 Å². The summed E-state index contributed by atoms with van der Waals surface area (Å²) < 4.78 is 6.48. The molecule has 0 spiro atoms. The van der Waals surface area contributed by atoms with Crippen molar-refractivity contribution in [1.29, 1.82) is 5.26 Å². The zero-order chi connectivity index (χ0) is 15.1. The van der Waals surface area contributed by atoms with Crippen LogP contribution in [0.4, 0.5) is 5.69 Å². The molecular formula is C16H13IN2O2. The predicted octanol–water partition coefficient (Wildman–Crippen LogP) is 3.23. The lowest BCUT2D eigenvalue weighted by molar-refractivity contribution is -0.120. The van der Waals surface area contributed by atoms with Gasteiger partial charge in [-0.15, -0.1) is 0 Å². The van der Waals surface area contributed by atoms with Crippen molar-refractivity contribution in [1.82, 2.24) is 0 Å². The van der Waals surface area contributed by atoms with Crippen LogP contribution in [-0.2, 0) is 4.79 Å². The Morgan fingerprint density at radius 1 is 1.14 bits per heavy atom. The number of nitrogens with zero attached hydrogens (tertiary/aromatic N) is 2. The van der Waals surface area contributed by atoms with Gasteiger partial charge in [-0.2, -0.15) is 5.26 Å². The first-order chi connectivity index (χ1) is 10.2. The third-order valence-corrected chi connectivity index (χ3v) is 3.68. The normalized spacial score (nSPS) is 9.71. The lowest BCUT2D eigenvalue weighted by Crippen LogP contribution is -2.35. The van der Waals surface area contributed by atoms with Crippen LogP contribution in [0.2, 0.25) is 0 Å². The second-order valence-electron chi connectivity index (χ2n) is 4.19. The van der Waals surface area contributed by atoms with Crippen LogP contribution in [0.15, 0.2) is 54.6 Å². The molecule has 106 valence electrons.